The Kier molecular flexibility index (Phi) is 7.05. The average Bonchev–Trinajstić information content (AvgIpc) is 2.68. The summed E-state index contributed by atoms with van der Waals surface area (Å²) in [4.78, 5) is 32.6. The van der Waals surface area contributed by atoms with Gasteiger partial charge in [0.15, 0.2) is 5.16 Å². The van der Waals surface area contributed by atoms with Crippen LogP contribution in [-0.4, -0.2) is 38.7 Å². The Morgan fingerprint density at radius 1 is 1.36 bits per heavy atom. The molecule has 28 heavy (non-hydrogen) atoms. The van der Waals surface area contributed by atoms with Crippen molar-refractivity contribution >= 4 is 40.2 Å². The second-order valence-corrected chi connectivity index (χ2v) is 9.18. The minimum atomic E-state index is -0.0967. The highest BCUT2D eigenvalue weighted by Gasteiger charge is 2.25. The molecule has 0 radical (unpaired) electrons. The molecule has 2 aromatic rings. The van der Waals surface area contributed by atoms with E-state index in [1.165, 1.54) is 18.2 Å². The number of carbonyl (C=O) groups excluding carboxylic acids is 1. The molecule has 7 heteroatoms. The predicted octanol–water partition coefficient (Wildman–Crippen LogP) is 4.59. The van der Waals surface area contributed by atoms with Crippen LogP contribution in [0.15, 0.2) is 28.2 Å². The number of piperidine rings is 1. The number of halogens is 1. The van der Waals surface area contributed by atoms with E-state index in [-0.39, 0.29) is 17.4 Å². The van der Waals surface area contributed by atoms with Crippen molar-refractivity contribution in [3.05, 3.63) is 33.6 Å². The molecule has 5 nitrogen and oxygen atoms in total. The van der Waals surface area contributed by atoms with Crippen LogP contribution in [0, 0.1) is 5.92 Å². The molecule has 1 aromatic carbocycles. The Morgan fingerprint density at radius 2 is 2.14 bits per heavy atom. The van der Waals surface area contributed by atoms with Gasteiger partial charge in [-0.15, -0.1) is 0 Å². The van der Waals surface area contributed by atoms with Crippen LogP contribution in [0.25, 0.3) is 10.9 Å². The number of likely N-dealkylation sites (tertiary alicyclic amines) is 1. The maximum atomic E-state index is 13.0. The van der Waals surface area contributed by atoms with Crippen molar-refractivity contribution < 1.29 is 4.79 Å². The number of benzene rings is 1. The van der Waals surface area contributed by atoms with Crippen molar-refractivity contribution in [2.75, 3.05) is 12.3 Å². The molecule has 3 rings (SSSR count). The fraction of sp³-hybridized carbons (Fsp3) is 0.571. The first-order valence-corrected chi connectivity index (χ1v) is 11.4. The molecule has 152 valence electrons. The van der Waals surface area contributed by atoms with Crippen LogP contribution in [0.1, 0.15) is 46.5 Å². The Hall–Kier alpha value is -1.53. The van der Waals surface area contributed by atoms with Gasteiger partial charge in [-0.3, -0.25) is 14.2 Å². The summed E-state index contributed by atoms with van der Waals surface area (Å²) in [5, 5.41) is 1.65. The monoisotopic (exact) mass is 421 g/mol. The van der Waals surface area contributed by atoms with E-state index in [0.29, 0.717) is 39.4 Å². The number of aromatic nitrogens is 2. The third-order valence-corrected chi connectivity index (χ3v) is 6.37. The lowest BCUT2D eigenvalue weighted by Crippen LogP contribution is -2.44. The summed E-state index contributed by atoms with van der Waals surface area (Å²) >= 11 is 7.44. The summed E-state index contributed by atoms with van der Waals surface area (Å²) in [5.74, 6) is 0.732. The quantitative estimate of drug-likeness (QED) is 0.505. The fourth-order valence-corrected chi connectivity index (χ4v) is 4.84. The van der Waals surface area contributed by atoms with Gasteiger partial charge in [-0.05, 0) is 49.8 Å². The molecule has 1 saturated heterocycles. The van der Waals surface area contributed by atoms with Crippen LogP contribution in [0.3, 0.4) is 0 Å². The molecular formula is C21H28ClN3O2S. The van der Waals surface area contributed by atoms with E-state index < -0.39 is 0 Å². The Bertz CT molecular complexity index is 912. The molecule has 0 spiro atoms. The Balaban J connectivity index is 1.88. The van der Waals surface area contributed by atoms with Gasteiger partial charge >= 0.3 is 0 Å². The number of fused-ring (bicyclic) bond motifs is 1. The molecule has 1 amide bonds. The summed E-state index contributed by atoms with van der Waals surface area (Å²) in [6.45, 7) is 7.66. The first-order valence-electron chi connectivity index (χ1n) is 10.0. The highest BCUT2D eigenvalue weighted by molar-refractivity contribution is 7.99. The van der Waals surface area contributed by atoms with E-state index in [9.17, 15) is 9.59 Å². The highest BCUT2D eigenvalue weighted by Crippen LogP contribution is 2.24. The van der Waals surface area contributed by atoms with Gasteiger partial charge < -0.3 is 4.90 Å². The standard InChI is InChI=1S/C21H28ClN3O2S/c1-4-16-7-5-6-10-24(16)19(26)13-28-21-23-18-9-8-15(22)11-17(18)20(27)25(21)12-14(2)3/h8-9,11,14,16H,4-7,10,12-13H2,1-3H3/t16-/m0/s1. The summed E-state index contributed by atoms with van der Waals surface area (Å²) < 4.78 is 1.69. The zero-order valence-electron chi connectivity index (χ0n) is 16.8. The minimum Gasteiger partial charge on any atom is -0.339 e. The van der Waals surface area contributed by atoms with Gasteiger partial charge in [0, 0.05) is 24.2 Å². The van der Waals surface area contributed by atoms with Gasteiger partial charge in [0.1, 0.15) is 0 Å². The second-order valence-electron chi connectivity index (χ2n) is 7.80. The lowest BCUT2D eigenvalue weighted by Gasteiger charge is -2.35. The van der Waals surface area contributed by atoms with Crippen molar-refractivity contribution in [2.24, 2.45) is 5.92 Å². The molecule has 0 aliphatic carbocycles. The zero-order valence-corrected chi connectivity index (χ0v) is 18.4. The van der Waals surface area contributed by atoms with Crippen LogP contribution >= 0.6 is 23.4 Å². The van der Waals surface area contributed by atoms with Crippen LogP contribution in [-0.2, 0) is 11.3 Å². The van der Waals surface area contributed by atoms with Crippen LogP contribution in [0.4, 0.5) is 0 Å². The number of amides is 1. The molecule has 1 aliphatic rings. The number of hydrogen-bond donors (Lipinski definition) is 0. The fourth-order valence-electron chi connectivity index (χ4n) is 3.77. The highest BCUT2D eigenvalue weighted by atomic mass is 35.5. The third kappa shape index (κ3) is 4.71. The predicted molar refractivity (Wildman–Crippen MR) is 116 cm³/mol. The van der Waals surface area contributed by atoms with E-state index in [4.69, 9.17) is 11.6 Å². The largest absolute Gasteiger partial charge is 0.339 e. The average molecular weight is 422 g/mol. The topological polar surface area (TPSA) is 55.2 Å². The van der Waals surface area contributed by atoms with Crippen LogP contribution in [0.2, 0.25) is 5.02 Å². The molecule has 0 bridgehead atoms. The number of carbonyl (C=O) groups is 1. The zero-order chi connectivity index (χ0) is 20.3. The number of rotatable bonds is 6. The number of nitrogens with zero attached hydrogens (tertiary/aromatic N) is 3. The van der Waals surface area contributed by atoms with Gasteiger partial charge in [0.25, 0.3) is 5.56 Å². The van der Waals surface area contributed by atoms with Crippen molar-refractivity contribution in [1.29, 1.82) is 0 Å². The molecule has 2 heterocycles. The van der Waals surface area contributed by atoms with Crippen molar-refractivity contribution in [2.45, 2.75) is 64.2 Å². The molecule has 1 aliphatic heterocycles. The lowest BCUT2D eigenvalue weighted by atomic mass is 10.0. The van der Waals surface area contributed by atoms with E-state index in [1.807, 2.05) is 4.90 Å². The van der Waals surface area contributed by atoms with Gasteiger partial charge in [0.05, 0.1) is 16.7 Å². The van der Waals surface area contributed by atoms with Gasteiger partial charge in [-0.1, -0.05) is 44.1 Å². The summed E-state index contributed by atoms with van der Waals surface area (Å²) in [6.07, 6.45) is 4.33. The first kappa shape index (κ1) is 21.2. The van der Waals surface area contributed by atoms with Crippen molar-refractivity contribution in [3.8, 4) is 0 Å². The second kappa shape index (κ2) is 9.31. The summed E-state index contributed by atoms with van der Waals surface area (Å²) in [6, 6.07) is 5.51. The molecule has 1 atom stereocenters. The van der Waals surface area contributed by atoms with Crippen LogP contribution < -0.4 is 5.56 Å². The van der Waals surface area contributed by atoms with Gasteiger partial charge in [0.2, 0.25) is 5.91 Å². The summed E-state index contributed by atoms with van der Waals surface area (Å²) in [7, 11) is 0. The molecular weight excluding hydrogens is 394 g/mol. The smallest absolute Gasteiger partial charge is 0.262 e. The Labute approximate surface area is 175 Å². The lowest BCUT2D eigenvalue weighted by molar-refractivity contribution is -0.132. The van der Waals surface area contributed by atoms with Gasteiger partial charge in [-0.2, -0.15) is 0 Å². The third-order valence-electron chi connectivity index (χ3n) is 5.17. The number of hydrogen-bond acceptors (Lipinski definition) is 4. The first-order chi connectivity index (χ1) is 13.4. The Morgan fingerprint density at radius 3 is 2.86 bits per heavy atom. The maximum Gasteiger partial charge on any atom is 0.262 e. The normalized spacial score (nSPS) is 17.5. The molecule has 0 N–H and O–H groups in total. The van der Waals surface area contributed by atoms with Crippen LogP contribution in [0.5, 0.6) is 0 Å². The van der Waals surface area contributed by atoms with E-state index in [0.717, 1.165) is 25.8 Å². The maximum absolute atomic E-state index is 13.0. The molecule has 0 unspecified atom stereocenters. The SMILES string of the molecule is CC[C@H]1CCCCN1C(=O)CSc1nc2ccc(Cl)cc2c(=O)n1CC(C)C. The van der Waals surface area contributed by atoms with Gasteiger partial charge in [-0.25, -0.2) is 4.98 Å². The molecule has 0 saturated carbocycles. The van der Waals surface area contributed by atoms with Crippen molar-refractivity contribution in [1.82, 2.24) is 14.5 Å². The summed E-state index contributed by atoms with van der Waals surface area (Å²) in [5.41, 5.74) is 0.523. The molecule has 1 fully saturated rings. The van der Waals surface area contributed by atoms with Crippen molar-refractivity contribution in [3.63, 3.8) is 0 Å². The van der Waals surface area contributed by atoms with E-state index in [2.05, 4.69) is 25.8 Å². The molecule has 1 aromatic heterocycles. The van der Waals surface area contributed by atoms with E-state index >= 15 is 0 Å². The number of thioether (sulfide) groups is 1. The van der Waals surface area contributed by atoms with E-state index in [1.54, 1.807) is 22.8 Å². The minimum absolute atomic E-state index is 0.0967.